The van der Waals surface area contributed by atoms with Gasteiger partial charge >= 0.3 is 0 Å². The Kier molecular flexibility index (Phi) is 7.04. The van der Waals surface area contributed by atoms with Crippen LogP contribution in [0.5, 0.6) is 0 Å². The molecule has 0 aromatic carbocycles. The van der Waals surface area contributed by atoms with Crippen molar-refractivity contribution in [1.29, 1.82) is 0 Å². The summed E-state index contributed by atoms with van der Waals surface area (Å²) in [6, 6.07) is 0.525. The van der Waals surface area contributed by atoms with Crippen molar-refractivity contribution in [1.82, 2.24) is 0 Å². The van der Waals surface area contributed by atoms with Crippen molar-refractivity contribution >= 4 is 0 Å². The highest BCUT2D eigenvalue weighted by Crippen LogP contribution is 2.14. The molecule has 0 aromatic heterocycles. The zero-order valence-electron chi connectivity index (χ0n) is 7.40. The maximum Gasteiger partial charge on any atom is 0.00388 e. The Hall–Kier alpha value is -0.0400. The third-order valence-electron chi connectivity index (χ3n) is 1.90. The summed E-state index contributed by atoms with van der Waals surface area (Å²) in [5.74, 6) is 0. The minimum absolute atomic E-state index is 0.525. The lowest BCUT2D eigenvalue weighted by atomic mass is 10.1. The van der Waals surface area contributed by atoms with Crippen LogP contribution in [0.15, 0.2) is 0 Å². The van der Waals surface area contributed by atoms with Gasteiger partial charge in [0, 0.05) is 6.04 Å². The van der Waals surface area contributed by atoms with Gasteiger partial charge in [-0.05, 0) is 12.8 Å². The monoisotopic (exact) mass is 143 g/mol. The van der Waals surface area contributed by atoms with Crippen LogP contribution in [0.1, 0.15) is 52.4 Å². The second-order valence-electron chi connectivity index (χ2n) is 2.75. The van der Waals surface area contributed by atoms with E-state index >= 15 is 0 Å². The molecule has 0 saturated heterocycles. The number of nitrogens with two attached hydrogens (primary N) is 1. The van der Waals surface area contributed by atoms with Crippen molar-refractivity contribution in [2.45, 2.75) is 58.4 Å². The molecule has 1 fully saturated rings. The molecular formula is C9H21N. The van der Waals surface area contributed by atoms with Gasteiger partial charge in [0.15, 0.2) is 0 Å². The first kappa shape index (κ1) is 9.96. The summed E-state index contributed by atoms with van der Waals surface area (Å²) in [5, 5.41) is 0. The molecule has 0 atom stereocenters. The van der Waals surface area contributed by atoms with E-state index in [1.807, 2.05) is 13.8 Å². The third kappa shape index (κ3) is 4.80. The molecule has 0 aliphatic heterocycles. The highest BCUT2D eigenvalue weighted by molar-refractivity contribution is 4.64. The van der Waals surface area contributed by atoms with Gasteiger partial charge < -0.3 is 5.73 Å². The van der Waals surface area contributed by atoms with Crippen molar-refractivity contribution in [3.8, 4) is 0 Å². The zero-order chi connectivity index (χ0) is 7.82. The molecule has 62 valence electrons. The SMILES string of the molecule is CC.NC1CCCCCC1. The highest BCUT2D eigenvalue weighted by atomic mass is 14.6. The lowest BCUT2D eigenvalue weighted by Crippen LogP contribution is -2.17. The largest absolute Gasteiger partial charge is 0.328 e. The molecule has 0 heterocycles. The molecule has 1 saturated carbocycles. The van der Waals surface area contributed by atoms with E-state index in [1.165, 1.54) is 38.5 Å². The summed E-state index contributed by atoms with van der Waals surface area (Å²) in [6.07, 6.45) is 8.07. The Morgan fingerprint density at radius 3 is 1.70 bits per heavy atom. The fourth-order valence-corrected chi connectivity index (χ4v) is 1.31. The predicted octanol–water partition coefficient (Wildman–Crippen LogP) is 2.69. The standard InChI is InChI=1S/C7H15N.C2H6/c8-7-5-3-1-2-4-6-7;1-2/h7H,1-6,8H2;1-2H3. The van der Waals surface area contributed by atoms with Gasteiger partial charge in [-0.2, -0.15) is 0 Å². The van der Waals surface area contributed by atoms with Gasteiger partial charge in [-0.3, -0.25) is 0 Å². The first-order chi connectivity index (χ1) is 4.89. The van der Waals surface area contributed by atoms with Crippen LogP contribution in [0.25, 0.3) is 0 Å². The maximum atomic E-state index is 5.73. The van der Waals surface area contributed by atoms with Crippen LogP contribution >= 0.6 is 0 Å². The van der Waals surface area contributed by atoms with Gasteiger partial charge in [-0.25, -0.2) is 0 Å². The van der Waals surface area contributed by atoms with Crippen LogP contribution in [0, 0.1) is 0 Å². The molecule has 0 amide bonds. The summed E-state index contributed by atoms with van der Waals surface area (Å²) < 4.78 is 0. The summed E-state index contributed by atoms with van der Waals surface area (Å²) in [6.45, 7) is 4.00. The minimum atomic E-state index is 0.525. The van der Waals surface area contributed by atoms with Crippen LogP contribution in [0.2, 0.25) is 0 Å². The van der Waals surface area contributed by atoms with E-state index in [1.54, 1.807) is 0 Å². The van der Waals surface area contributed by atoms with Crippen molar-refractivity contribution in [2.24, 2.45) is 5.73 Å². The second kappa shape index (κ2) is 7.07. The van der Waals surface area contributed by atoms with Crippen LogP contribution in [0.3, 0.4) is 0 Å². The Bertz CT molecular complexity index is 53.7. The van der Waals surface area contributed by atoms with Crippen LogP contribution in [0.4, 0.5) is 0 Å². The van der Waals surface area contributed by atoms with E-state index in [0.717, 1.165) is 0 Å². The third-order valence-corrected chi connectivity index (χ3v) is 1.90. The molecule has 1 aliphatic rings. The smallest absolute Gasteiger partial charge is 0.00388 e. The van der Waals surface area contributed by atoms with Gasteiger partial charge in [-0.1, -0.05) is 39.5 Å². The first-order valence-corrected chi connectivity index (χ1v) is 4.65. The van der Waals surface area contributed by atoms with Gasteiger partial charge in [-0.15, -0.1) is 0 Å². The Balaban J connectivity index is 0.000000371. The average Bonchev–Trinajstić information content (AvgIpc) is 2.21. The lowest BCUT2D eigenvalue weighted by Gasteiger charge is -2.03. The topological polar surface area (TPSA) is 26.0 Å². The van der Waals surface area contributed by atoms with Gasteiger partial charge in [0.2, 0.25) is 0 Å². The molecule has 1 rings (SSSR count). The van der Waals surface area contributed by atoms with Crippen molar-refractivity contribution in [3.63, 3.8) is 0 Å². The number of hydrogen-bond acceptors (Lipinski definition) is 1. The van der Waals surface area contributed by atoms with Crippen LogP contribution in [-0.4, -0.2) is 6.04 Å². The highest BCUT2D eigenvalue weighted by Gasteiger charge is 2.05. The van der Waals surface area contributed by atoms with Crippen molar-refractivity contribution in [2.75, 3.05) is 0 Å². The Labute approximate surface area is 65.0 Å². The molecule has 1 nitrogen and oxygen atoms in total. The fourth-order valence-electron chi connectivity index (χ4n) is 1.31. The number of rotatable bonds is 0. The summed E-state index contributed by atoms with van der Waals surface area (Å²) >= 11 is 0. The zero-order valence-corrected chi connectivity index (χ0v) is 7.40. The molecule has 1 heteroatoms. The van der Waals surface area contributed by atoms with Gasteiger partial charge in [0.05, 0.1) is 0 Å². The molecule has 0 unspecified atom stereocenters. The van der Waals surface area contributed by atoms with E-state index in [2.05, 4.69) is 0 Å². The molecule has 0 bridgehead atoms. The minimum Gasteiger partial charge on any atom is -0.328 e. The van der Waals surface area contributed by atoms with E-state index in [4.69, 9.17) is 5.73 Å². The fraction of sp³-hybridized carbons (Fsp3) is 1.00. The van der Waals surface area contributed by atoms with Crippen molar-refractivity contribution in [3.05, 3.63) is 0 Å². The van der Waals surface area contributed by atoms with E-state index in [0.29, 0.717) is 6.04 Å². The molecule has 2 N–H and O–H groups in total. The summed E-state index contributed by atoms with van der Waals surface area (Å²) in [5.41, 5.74) is 5.73. The van der Waals surface area contributed by atoms with Crippen LogP contribution < -0.4 is 5.73 Å². The molecule has 0 spiro atoms. The first-order valence-electron chi connectivity index (χ1n) is 4.65. The molecular weight excluding hydrogens is 122 g/mol. The van der Waals surface area contributed by atoms with E-state index in [-0.39, 0.29) is 0 Å². The van der Waals surface area contributed by atoms with E-state index in [9.17, 15) is 0 Å². The van der Waals surface area contributed by atoms with E-state index < -0.39 is 0 Å². The van der Waals surface area contributed by atoms with Gasteiger partial charge in [0.25, 0.3) is 0 Å². The molecule has 0 radical (unpaired) electrons. The second-order valence-corrected chi connectivity index (χ2v) is 2.75. The number of hydrogen-bond donors (Lipinski definition) is 1. The van der Waals surface area contributed by atoms with Crippen molar-refractivity contribution < 1.29 is 0 Å². The molecule has 10 heavy (non-hydrogen) atoms. The Morgan fingerprint density at radius 1 is 0.900 bits per heavy atom. The normalized spacial score (nSPS) is 20.7. The average molecular weight is 143 g/mol. The summed E-state index contributed by atoms with van der Waals surface area (Å²) in [7, 11) is 0. The van der Waals surface area contributed by atoms with Gasteiger partial charge in [0.1, 0.15) is 0 Å². The summed E-state index contributed by atoms with van der Waals surface area (Å²) in [4.78, 5) is 0. The Morgan fingerprint density at radius 2 is 1.30 bits per heavy atom. The van der Waals surface area contributed by atoms with Crippen LogP contribution in [-0.2, 0) is 0 Å². The quantitative estimate of drug-likeness (QED) is 0.518. The molecule has 1 aliphatic carbocycles. The lowest BCUT2D eigenvalue weighted by molar-refractivity contribution is 0.583. The predicted molar refractivity (Wildman–Crippen MR) is 47.0 cm³/mol. The maximum absolute atomic E-state index is 5.73. The molecule has 0 aromatic rings.